The van der Waals surface area contributed by atoms with Crippen molar-refractivity contribution in [2.45, 2.75) is 25.3 Å². The Balaban J connectivity index is 1.39. The molecule has 0 spiro atoms. The van der Waals surface area contributed by atoms with Crippen LogP contribution in [0.1, 0.15) is 24.8 Å². The summed E-state index contributed by atoms with van der Waals surface area (Å²) in [5.74, 6) is 0.433. The Morgan fingerprint density at radius 1 is 1.03 bits per heavy atom. The molecule has 0 unspecified atom stereocenters. The predicted octanol–water partition coefficient (Wildman–Crippen LogP) is 2.27. The number of hydrogen-bond acceptors (Lipinski definition) is 4. The molecule has 0 N–H and O–H groups in total. The van der Waals surface area contributed by atoms with E-state index in [0.717, 1.165) is 11.3 Å². The minimum atomic E-state index is -0.187. The van der Waals surface area contributed by atoms with E-state index in [0.29, 0.717) is 25.3 Å². The molecule has 0 radical (unpaired) electrons. The van der Waals surface area contributed by atoms with E-state index in [-0.39, 0.29) is 42.8 Å². The van der Waals surface area contributed by atoms with Crippen LogP contribution in [0.15, 0.2) is 54.6 Å². The largest absolute Gasteiger partial charge is 0.497 e. The summed E-state index contributed by atoms with van der Waals surface area (Å²) in [4.78, 5) is 43.1. The van der Waals surface area contributed by atoms with E-state index in [4.69, 9.17) is 4.74 Å². The van der Waals surface area contributed by atoms with E-state index < -0.39 is 0 Å². The summed E-state index contributed by atoms with van der Waals surface area (Å²) in [5, 5.41) is 0. The minimum Gasteiger partial charge on any atom is -0.497 e. The van der Waals surface area contributed by atoms with E-state index in [1.165, 1.54) is 0 Å². The summed E-state index contributed by atoms with van der Waals surface area (Å²) in [6.45, 7) is 2.89. The van der Waals surface area contributed by atoms with Crippen LogP contribution in [0.3, 0.4) is 0 Å². The molecular formula is C24H27N3O4. The Morgan fingerprint density at radius 3 is 2.52 bits per heavy atom. The molecule has 7 nitrogen and oxygen atoms in total. The van der Waals surface area contributed by atoms with Crippen molar-refractivity contribution in [3.05, 3.63) is 60.2 Å². The number of anilines is 1. The van der Waals surface area contributed by atoms with Crippen LogP contribution in [0.25, 0.3) is 0 Å². The van der Waals surface area contributed by atoms with Crippen LogP contribution in [0.5, 0.6) is 5.75 Å². The van der Waals surface area contributed by atoms with Gasteiger partial charge in [0.2, 0.25) is 17.7 Å². The summed E-state index contributed by atoms with van der Waals surface area (Å²) in [6, 6.07) is 17.1. The van der Waals surface area contributed by atoms with Gasteiger partial charge in [0.05, 0.1) is 19.7 Å². The molecule has 7 heteroatoms. The van der Waals surface area contributed by atoms with Crippen LogP contribution in [-0.2, 0) is 14.4 Å². The van der Waals surface area contributed by atoms with Gasteiger partial charge in [-0.2, -0.15) is 0 Å². The number of likely N-dealkylation sites (tertiary alicyclic amines) is 1. The molecule has 2 aliphatic rings. The van der Waals surface area contributed by atoms with Gasteiger partial charge in [0.25, 0.3) is 0 Å². The van der Waals surface area contributed by atoms with Crippen LogP contribution in [0, 0.1) is 0 Å². The monoisotopic (exact) mass is 421 g/mol. The Bertz CT molecular complexity index is 978. The SMILES string of the molecule is COc1cccc(N2C(=O)CN(C(=O)CN3C[C@H](c4ccccc4)CC3=O)C[C@H]2C)c1. The van der Waals surface area contributed by atoms with Gasteiger partial charge >= 0.3 is 0 Å². The highest BCUT2D eigenvalue weighted by atomic mass is 16.5. The van der Waals surface area contributed by atoms with Gasteiger partial charge < -0.3 is 19.4 Å². The van der Waals surface area contributed by atoms with Gasteiger partial charge in [0.1, 0.15) is 12.3 Å². The molecular weight excluding hydrogens is 394 g/mol. The number of ether oxygens (including phenoxy) is 1. The number of benzene rings is 2. The number of piperazine rings is 1. The number of rotatable bonds is 5. The van der Waals surface area contributed by atoms with Crippen LogP contribution in [-0.4, -0.2) is 66.9 Å². The smallest absolute Gasteiger partial charge is 0.246 e. The van der Waals surface area contributed by atoms with E-state index in [1.807, 2.05) is 61.5 Å². The van der Waals surface area contributed by atoms with Crippen molar-refractivity contribution >= 4 is 23.4 Å². The van der Waals surface area contributed by atoms with Crippen LogP contribution in [0.2, 0.25) is 0 Å². The van der Waals surface area contributed by atoms with Crippen molar-refractivity contribution in [1.29, 1.82) is 0 Å². The number of amides is 3. The maximum Gasteiger partial charge on any atom is 0.246 e. The molecule has 162 valence electrons. The minimum absolute atomic E-state index is 0.00449. The van der Waals surface area contributed by atoms with Crippen molar-refractivity contribution in [1.82, 2.24) is 9.80 Å². The lowest BCUT2D eigenvalue weighted by molar-refractivity contribution is -0.141. The first-order chi connectivity index (χ1) is 15.0. The molecule has 2 fully saturated rings. The Morgan fingerprint density at radius 2 is 1.81 bits per heavy atom. The summed E-state index contributed by atoms with van der Waals surface area (Å²) in [5.41, 5.74) is 1.87. The highest BCUT2D eigenvalue weighted by Gasteiger charge is 2.36. The molecule has 2 aliphatic heterocycles. The quantitative estimate of drug-likeness (QED) is 0.743. The Hall–Kier alpha value is -3.35. The van der Waals surface area contributed by atoms with Crippen LogP contribution < -0.4 is 9.64 Å². The fraction of sp³-hybridized carbons (Fsp3) is 0.375. The fourth-order valence-corrected chi connectivity index (χ4v) is 4.44. The average Bonchev–Trinajstić information content (AvgIpc) is 3.14. The number of methoxy groups -OCH3 is 1. The number of hydrogen-bond donors (Lipinski definition) is 0. The van der Waals surface area contributed by atoms with Gasteiger partial charge in [-0.15, -0.1) is 0 Å². The second kappa shape index (κ2) is 8.79. The molecule has 0 saturated carbocycles. The van der Waals surface area contributed by atoms with E-state index in [2.05, 4.69) is 0 Å². The molecule has 0 aliphatic carbocycles. The van der Waals surface area contributed by atoms with E-state index in [1.54, 1.807) is 21.8 Å². The van der Waals surface area contributed by atoms with E-state index in [9.17, 15) is 14.4 Å². The van der Waals surface area contributed by atoms with Crippen LogP contribution >= 0.6 is 0 Å². The molecule has 2 aromatic carbocycles. The summed E-state index contributed by atoms with van der Waals surface area (Å²) in [6.07, 6.45) is 0.413. The Kier molecular flexibility index (Phi) is 5.93. The second-order valence-corrected chi connectivity index (χ2v) is 8.17. The first-order valence-corrected chi connectivity index (χ1v) is 10.5. The number of nitrogens with zero attached hydrogens (tertiary/aromatic N) is 3. The van der Waals surface area contributed by atoms with Gasteiger partial charge in [0, 0.05) is 37.2 Å². The molecule has 4 rings (SSSR count). The highest BCUT2D eigenvalue weighted by Crippen LogP contribution is 2.29. The topological polar surface area (TPSA) is 70.2 Å². The predicted molar refractivity (Wildman–Crippen MR) is 117 cm³/mol. The fourth-order valence-electron chi connectivity index (χ4n) is 4.44. The molecule has 2 atom stereocenters. The summed E-state index contributed by atoms with van der Waals surface area (Å²) < 4.78 is 5.26. The molecule has 2 saturated heterocycles. The van der Waals surface area contributed by atoms with Crippen LogP contribution in [0.4, 0.5) is 5.69 Å². The van der Waals surface area contributed by atoms with Crippen molar-refractivity contribution in [2.24, 2.45) is 0 Å². The number of carbonyl (C=O) groups excluding carboxylic acids is 3. The average molecular weight is 421 g/mol. The zero-order valence-electron chi connectivity index (χ0n) is 17.9. The molecule has 0 aromatic heterocycles. The zero-order chi connectivity index (χ0) is 22.0. The first kappa shape index (κ1) is 20.9. The van der Waals surface area contributed by atoms with Crippen molar-refractivity contribution in [2.75, 3.05) is 38.2 Å². The number of carbonyl (C=O) groups is 3. The summed E-state index contributed by atoms with van der Waals surface area (Å²) in [7, 11) is 1.59. The molecule has 31 heavy (non-hydrogen) atoms. The highest BCUT2D eigenvalue weighted by molar-refractivity contribution is 5.99. The molecule has 2 heterocycles. The zero-order valence-corrected chi connectivity index (χ0v) is 17.9. The lowest BCUT2D eigenvalue weighted by Crippen LogP contribution is -2.58. The van der Waals surface area contributed by atoms with Gasteiger partial charge in [-0.3, -0.25) is 14.4 Å². The van der Waals surface area contributed by atoms with Crippen molar-refractivity contribution in [3.8, 4) is 5.75 Å². The molecule has 2 aromatic rings. The Labute approximate surface area is 182 Å². The molecule has 0 bridgehead atoms. The van der Waals surface area contributed by atoms with E-state index >= 15 is 0 Å². The van der Waals surface area contributed by atoms with Gasteiger partial charge in [-0.05, 0) is 24.6 Å². The van der Waals surface area contributed by atoms with Gasteiger partial charge in [-0.1, -0.05) is 36.4 Å². The van der Waals surface area contributed by atoms with Crippen molar-refractivity contribution in [3.63, 3.8) is 0 Å². The lowest BCUT2D eigenvalue weighted by Gasteiger charge is -2.40. The summed E-state index contributed by atoms with van der Waals surface area (Å²) >= 11 is 0. The standard InChI is InChI=1S/C24H27N3O4/c1-17-13-25(16-24(30)27(17)20-9-6-10-21(12-20)31-2)23(29)15-26-14-19(11-22(26)28)18-7-4-3-5-8-18/h3-10,12,17,19H,11,13-16H2,1-2H3/t17-,19-/m1/s1. The third-order valence-electron chi connectivity index (χ3n) is 6.02. The van der Waals surface area contributed by atoms with Crippen molar-refractivity contribution < 1.29 is 19.1 Å². The first-order valence-electron chi connectivity index (χ1n) is 10.5. The van der Waals surface area contributed by atoms with Gasteiger partial charge in [-0.25, -0.2) is 0 Å². The molecule has 3 amide bonds. The maximum absolute atomic E-state index is 12.9. The second-order valence-electron chi connectivity index (χ2n) is 8.17. The third kappa shape index (κ3) is 4.40. The third-order valence-corrected chi connectivity index (χ3v) is 6.02. The lowest BCUT2D eigenvalue weighted by atomic mass is 9.99. The maximum atomic E-state index is 12.9. The van der Waals surface area contributed by atoms with Gasteiger partial charge in [0.15, 0.2) is 0 Å². The normalized spacial score (nSPS) is 21.5.